The minimum absolute atomic E-state index is 0.0526. The quantitative estimate of drug-likeness (QED) is 0.718. The normalized spacial score (nSPS) is 15.3. The van der Waals surface area contributed by atoms with E-state index in [1.54, 1.807) is 24.3 Å². The third kappa shape index (κ3) is 5.19. The van der Waals surface area contributed by atoms with Crippen LogP contribution in [0.4, 0.5) is 5.69 Å². The molecule has 5 heteroatoms. The van der Waals surface area contributed by atoms with E-state index in [1.165, 1.54) is 0 Å². The first-order valence-corrected chi connectivity index (χ1v) is 7.52. The third-order valence-electron chi connectivity index (χ3n) is 3.37. The molecule has 1 atom stereocenters. The second kappa shape index (κ2) is 7.22. The molecule has 0 aromatic heterocycles. The summed E-state index contributed by atoms with van der Waals surface area (Å²) in [6, 6.07) is 7.52. The molecule has 21 heavy (non-hydrogen) atoms. The molecule has 1 aromatic carbocycles. The predicted octanol–water partition coefficient (Wildman–Crippen LogP) is 1.91. The maximum absolute atomic E-state index is 12.0. The molecule has 2 amide bonds. The Hall–Kier alpha value is -1.88. The summed E-state index contributed by atoms with van der Waals surface area (Å²) < 4.78 is 0. The van der Waals surface area contributed by atoms with E-state index < -0.39 is 0 Å². The summed E-state index contributed by atoms with van der Waals surface area (Å²) >= 11 is 0. The molecule has 3 N–H and O–H groups in total. The van der Waals surface area contributed by atoms with Crippen LogP contribution in [0.3, 0.4) is 0 Å². The van der Waals surface area contributed by atoms with Crippen molar-refractivity contribution in [1.29, 1.82) is 0 Å². The van der Waals surface area contributed by atoms with Gasteiger partial charge in [0.2, 0.25) is 5.91 Å². The van der Waals surface area contributed by atoms with Gasteiger partial charge in [0.15, 0.2) is 0 Å². The number of carbonyl (C=O) groups is 2. The average Bonchev–Trinajstić information content (AvgIpc) is 3.23. The van der Waals surface area contributed by atoms with E-state index in [9.17, 15) is 9.59 Å². The van der Waals surface area contributed by atoms with Crippen molar-refractivity contribution >= 4 is 17.5 Å². The number of benzene rings is 1. The molecule has 0 radical (unpaired) electrons. The fraction of sp³-hybridized carbons (Fsp3) is 0.500. The second-order valence-electron chi connectivity index (χ2n) is 5.54. The Morgan fingerprint density at radius 2 is 2.10 bits per heavy atom. The van der Waals surface area contributed by atoms with Gasteiger partial charge in [-0.2, -0.15) is 0 Å². The summed E-state index contributed by atoms with van der Waals surface area (Å²) in [5.41, 5.74) is 1.24. The molecule has 1 saturated carbocycles. The molecule has 0 heterocycles. The maximum Gasteiger partial charge on any atom is 0.251 e. The van der Waals surface area contributed by atoms with Gasteiger partial charge < -0.3 is 16.0 Å². The van der Waals surface area contributed by atoms with Crippen LogP contribution in [0.1, 0.15) is 43.5 Å². The topological polar surface area (TPSA) is 70.2 Å². The summed E-state index contributed by atoms with van der Waals surface area (Å²) in [5, 5.41) is 8.97. The SMILES string of the molecule is CCNC(C)CC(=O)Nc1cccc(C(=O)NC2CC2)c1. The fourth-order valence-corrected chi connectivity index (χ4v) is 2.15. The molecular formula is C16H23N3O2. The van der Waals surface area contributed by atoms with Crippen molar-refractivity contribution in [2.45, 2.75) is 45.2 Å². The van der Waals surface area contributed by atoms with Gasteiger partial charge >= 0.3 is 0 Å². The van der Waals surface area contributed by atoms with Crippen molar-refractivity contribution in [2.24, 2.45) is 0 Å². The first-order chi connectivity index (χ1) is 10.1. The van der Waals surface area contributed by atoms with Crippen molar-refractivity contribution in [1.82, 2.24) is 10.6 Å². The van der Waals surface area contributed by atoms with Crippen LogP contribution < -0.4 is 16.0 Å². The van der Waals surface area contributed by atoms with Crippen LogP contribution in [0.25, 0.3) is 0 Å². The number of anilines is 1. The lowest BCUT2D eigenvalue weighted by Crippen LogP contribution is -2.30. The molecule has 1 aliphatic carbocycles. The Bertz CT molecular complexity index is 512. The standard InChI is InChI=1S/C16H23N3O2/c1-3-17-11(2)9-15(20)18-14-6-4-5-12(10-14)16(21)19-13-7-8-13/h4-6,10-11,13,17H,3,7-9H2,1-2H3,(H,18,20)(H,19,21). The molecule has 1 aromatic rings. The molecule has 0 spiro atoms. The molecule has 0 aliphatic heterocycles. The zero-order valence-corrected chi connectivity index (χ0v) is 12.6. The minimum atomic E-state index is -0.0744. The summed E-state index contributed by atoms with van der Waals surface area (Å²) in [6.45, 7) is 4.82. The molecular weight excluding hydrogens is 266 g/mol. The summed E-state index contributed by atoms with van der Waals surface area (Å²) in [7, 11) is 0. The second-order valence-corrected chi connectivity index (χ2v) is 5.54. The Kier molecular flexibility index (Phi) is 5.33. The number of hydrogen-bond acceptors (Lipinski definition) is 3. The van der Waals surface area contributed by atoms with Crippen LogP contribution in [0, 0.1) is 0 Å². The Morgan fingerprint density at radius 3 is 2.76 bits per heavy atom. The van der Waals surface area contributed by atoms with Crippen LogP contribution in [-0.4, -0.2) is 30.4 Å². The number of carbonyl (C=O) groups excluding carboxylic acids is 2. The van der Waals surface area contributed by atoms with Crippen LogP contribution in [0.5, 0.6) is 0 Å². The lowest BCUT2D eigenvalue weighted by atomic mass is 10.1. The Balaban J connectivity index is 1.90. The van der Waals surface area contributed by atoms with E-state index in [-0.39, 0.29) is 17.9 Å². The molecule has 114 valence electrons. The molecule has 0 saturated heterocycles. The van der Waals surface area contributed by atoms with Crippen LogP contribution in [0.2, 0.25) is 0 Å². The van der Waals surface area contributed by atoms with Gasteiger partial charge in [0.25, 0.3) is 5.91 Å². The number of nitrogens with one attached hydrogen (secondary N) is 3. The smallest absolute Gasteiger partial charge is 0.251 e. The van der Waals surface area contributed by atoms with Crippen molar-refractivity contribution in [3.63, 3.8) is 0 Å². The van der Waals surface area contributed by atoms with Gasteiger partial charge in [-0.25, -0.2) is 0 Å². The van der Waals surface area contributed by atoms with E-state index in [0.717, 1.165) is 19.4 Å². The van der Waals surface area contributed by atoms with E-state index in [2.05, 4.69) is 16.0 Å². The highest BCUT2D eigenvalue weighted by molar-refractivity contribution is 5.97. The fourth-order valence-electron chi connectivity index (χ4n) is 2.15. The van der Waals surface area contributed by atoms with E-state index in [0.29, 0.717) is 23.7 Å². The highest BCUT2D eigenvalue weighted by atomic mass is 16.2. The molecule has 1 unspecified atom stereocenters. The zero-order valence-electron chi connectivity index (χ0n) is 12.6. The number of hydrogen-bond donors (Lipinski definition) is 3. The molecule has 2 rings (SSSR count). The summed E-state index contributed by atoms with van der Waals surface area (Å²) in [5.74, 6) is -0.127. The van der Waals surface area contributed by atoms with Crippen molar-refractivity contribution in [3.8, 4) is 0 Å². The molecule has 1 fully saturated rings. The molecule has 5 nitrogen and oxygen atoms in total. The van der Waals surface area contributed by atoms with Crippen molar-refractivity contribution < 1.29 is 9.59 Å². The van der Waals surface area contributed by atoms with Gasteiger partial charge in [0.05, 0.1) is 0 Å². The minimum Gasteiger partial charge on any atom is -0.349 e. The van der Waals surface area contributed by atoms with Gasteiger partial charge in [-0.1, -0.05) is 13.0 Å². The largest absolute Gasteiger partial charge is 0.349 e. The van der Waals surface area contributed by atoms with Gasteiger partial charge in [-0.3, -0.25) is 9.59 Å². The summed E-state index contributed by atoms with van der Waals surface area (Å²) in [6.07, 6.45) is 2.53. The van der Waals surface area contributed by atoms with E-state index in [1.807, 2.05) is 13.8 Å². The van der Waals surface area contributed by atoms with Crippen LogP contribution in [0.15, 0.2) is 24.3 Å². The Labute approximate surface area is 125 Å². The summed E-state index contributed by atoms with van der Waals surface area (Å²) in [4.78, 5) is 23.9. The highest BCUT2D eigenvalue weighted by Gasteiger charge is 2.23. The van der Waals surface area contributed by atoms with Crippen LogP contribution in [-0.2, 0) is 4.79 Å². The molecule has 0 bridgehead atoms. The first-order valence-electron chi connectivity index (χ1n) is 7.52. The predicted molar refractivity (Wildman–Crippen MR) is 83.3 cm³/mol. The van der Waals surface area contributed by atoms with Crippen molar-refractivity contribution in [2.75, 3.05) is 11.9 Å². The lowest BCUT2D eigenvalue weighted by Gasteiger charge is -2.12. The average molecular weight is 289 g/mol. The number of rotatable bonds is 7. The monoisotopic (exact) mass is 289 g/mol. The van der Waals surface area contributed by atoms with Crippen molar-refractivity contribution in [3.05, 3.63) is 29.8 Å². The van der Waals surface area contributed by atoms with E-state index in [4.69, 9.17) is 0 Å². The molecule has 1 aliphatic rings. The number of amides is 2. The Morgan fingerprint density at radius 1 is 1.33 bits per heavy atom. The third-order valence-corrected chi connectivity index (χ3v) is 3.37. The van der Waals surface area contributed by atoms with Gasteiger partial charge in [0.1, 0.15) is 0 Å². The maximum atomic E-state index is 12.0. The van der Waals surface area contributed by atoms with E-state index >= 15 is 0 Å². The van der Waals surface area contributed by atoms with Gasteiger partial charge in [0, 0.05) is 29.8 Å². The van der Waals surface area contributed by atoms with Gasteiger partial charge in [-0.15, -0.1) is 0 Å². The highest BCUT2D eigenvalue weighted by Crippen LogP contribution is 2.20. The van der Waals surface area contributed by atoms with Crippen LogP contribution >= 0.6 is 0 Å². The lowest BCUT2D eigenvalue weighted by molar-refractivity contribution is -0.116. The zero-order chi connectivity index (χ0) is 15.2. The first kappa shape index (κ1) is 15.5. The van der Waals surface area contributed by atoms with Gasteiger partial charge in [-0.05, 0) is 44.5 Å².